The number of rotatable bonds is 6. The highest BCUT2D eigenvalue weighted by Crippen LogP contribution is 2.13. The Morgan fingerprint density at radius 3 is 2.32 bits per heavy atom. The minimum Gasteiger partial charge on any atom is -0.465 e. The maximum absolute atomic E-state index is 12.8. The van der Waals surface area contributed by atoms with Crippen LogP contribution in [0, 0.1) is 6.92 Å². The summed E-state index contributed by atoms with van der Waals surface area (Å²) >= 11 is 0. The number of carbonyl (C=O) groups excluding carboxylic acids is 2. The molecule has 28 heavy (non-hydrogen) atoms. The summed E-state index contributed by atoms with van der Waals surface area (Å²) in [5.74, 6) is -0.282. The third-order valence-electron chi connectivity index (χ3n) is 4.28. The molecular formula is C23H22N2O3. The van der Waals surface area contributed by atoms with Gasteiger partial charge in [0.1, 0.15) is 11.5 Å². The first kappa shape index (κ1) is 19.2. The Bertz CT molecular complexity index is 959. The average molecular weight is 374 g/mol. The zero-order chi connectivity index (χ0) is 19.9. The Morgan fingerprint density at radius 1 is 0.964 bits per heavy atom. The van der Waals surface area contributed by atoms with E-state index in [1.165, 1.54) is 12.3 Å². The van der Waals surface area contributed by atoms with Crippen molar-refractivity contribution in [3.63, 3.8) is 0 Å². The molecule has 0 saturated heterocycles. The van der Waals surface area contributed by atoms with Crippen LogP contribution < -0.4 is 10.6 Å². The minimum absolute atomic E-state index is 0.114. The van der Waals surface area contributed by atoms with Gasteiger partial charge >= 0.3 is 0 Å². The fourth-order valence-electron chi connectivity index (χ4n) is 2.67. The molecule has 0 aliphatic heterocycles. The molecule has 1 heterocycles. The van der Waals surface area contributed by atoms with Gasteiger partial charge < -0.3 is 15.1 Å². The van der Waals surface area contributed by atoms with Crippen LogP contribution in [0.15, 0.2) is 83.1 Å². The minimum atomic E-state index is -0.395. The fourth-order valence-corrected chi connectivity index (χ4v) is 2.67. The molecule has 142 valence electrons. The van der Waals surface area contributed by atoms with Gasteiger partial charge in [-0.1, -0.05) is 48.0 Å². The van der Waals surface area contributed by atoms with Crippen LogP contribution in [0.25, 0.3) is 6.08 Å². The lowest BCUT2D eigenvalue weighted by molar-refractivity contribution is -0.118. The fraction of sp³-hybridized carbons (Fsp3) is 0.130. The van der Waals surface area contributed by atoms with E-state index < -0.39 is 5.91 Å². The molecule has 0 saturated carbocycles. The summed E-state index contributed by atoms with van der Waals surface area (Å²) in [5.41, 5.74) is 2.61. The second-order valence-electron chi connectivity index (χ2n) is 6.50. The van der Waals surface area contributed by atoms with E-state index in [1.54, 1.807) is 24.3 Å². The number of amides is 2. The van der Waals surface area contributed by atoms with Crippen molar-refractivity contribution in [3.8, 4) is 0 Å². The van der Waals surface area contributed by atoms with E-state index in [1.807, 2.05) is 56.3 Å². The number of furan rings is 1. The summed E-state index contributed by atoms with van der Waals surface area (Å²) in [6.45, 7) is 3.84. The van der Waals surface area contributed by atoms with Crippen molar-refractivity contribution < 1.29 is 14.0 Å². The molecule has 0 radical (unpaired) electrons. The molecule has 0 spiro atoms. The Morgan fingerprint density at radius 2 is 1.68 bits per heavy atom. The molecular weight excluding hydrogens is 352 g/mol. The molecule has 5 nitrogen and oxygen atoms in total. The van der Waals surface area contributed by atoms with Gasteiger partial charge in [0.25, 0.3) is 11.8 Å². The third kappa shape index (κ3) is 4.98. The summed E-state index contributed by atoms with van der Waals surface area (Å²) in [6.07, 6.45) is 3.02. The molecule has 1 atom stereocenters. The van der Waals surface area contributed by atoms with Crippen molar-refractivity contribution in [1.82, 2.24) is 10.6 Å². The van der Waals surface area contributed by atoms with Crippen molar-refractivity contribution >= 4 is 17.9 Å². The highest BCUT2D eigenvalue weighted by molar-refractivity contribution is 6.05. The summed E-state index contributed by atoms with van der Waals surface area (Å²) < 4.78 is 5.30. The lowest BCUT2D eigenvalue weighted by Crippen LogP contribution is -2.36. The van der Waals surface area contributed by atoms with Gasteiger partial charge in [0, 0.05) is 11.6 Å². The summed E-state index contributed by atoms with van der Waals surface area (Å²) in [7, 11) is 0. The second-order valence-corrected chi connectivity index (χ2v) is 6.50. The number of hydrogen-bond donors (Lipinski definition) is 2. The number of carbonyl (C=O) groups is 2. The van der Waals surface area contributed by atoms with Crippen LogP contribution in [0.4, 0.5) is 0 Å². The van der Waals surface area contributed by atoms with E-state index in [4.69, 9.17) is 4.42 Å². The monoisotopic (exact) mass is 374 g/mol. The standard InChI is InChI=1S/C23H22N2O3/c1-16-10-12-19(13-11-16)22(26)25-21(15-20-9-6-14-28-20)23(27)24-17(2)18-7-4-3-5-8-18/h3-15,17H,1-2H3,(H,24,27)(H,25,26)/b21-15-/t17-/m0/s1. The van der Waals surface area contributed by atoms with E-state index in [9.17, 15) is 9.59 Å². The predicted molar refractivity (Wildman–Crippen MR) is 108 cm³/mol. The topological polar surface area (TPSA) is 71.3 Å². The van der Waals surface area contributed by atoms with E-state index >= 15 is 0 Å². The Balaban J connectivity index is 1.79. The van der Waals surface area contributed by atoms with E-state index in [2.05, 4.69) is 10.6 Å². The van der Waals surface area contributed by atoms with E-state index in [0.29, 0.717) is 11.3 Å². The number of aryl methyl sites for hydroxylation is 1. The Kier molecular flexibility index (Phi) is 6.07. The largest absolute Gasteiger partial charge is 0.465 e. The highest BCUT2D eigenvalue weighted by atomic mass is 16.3. The van der Waals surface area contributed by atoms with Gasteiger partial charge in [0.15, 0.2) is 0 Å². The summed E-state index contributed by atoms with van der Waals surface area (Å²) in [4.78, 5) is 25.4. The molecule has 0 fully saturated rings. The van der Waals surface area contributed by atoms with Crippen molar-refractivity contribution in [2.75, 3.05) is 0 Å². The van der Waals surface area contributed by atoms with Gasteiger partial charge in [-0.2, -0.15) is 0 Å². The number of nitrogens with one attached hydrogen (secondary N) is 2. The Hall–Kier alpha value is -3.60. The van der Waals surface area contributed by atoms with Crippen LogP contribution in [0.1, 0.15) is 40.2 Å². The molecule has 2 amide bonds. The normalized spacial score (nSPS) is 12.3. The molecule has 2 aromatic carbocycles. The first-order valence-corrected chi connectivity index (χ1v) is 9.02. The quantitative estimate of drug-likeness (QED) is 0.634. The number of benzene rings is 2. The SMILES string of the molecule is Cc1ccc(C(=O)N/C(=C\c2ccco2)C(=O)N[C@@H](C)c2ccccc2)cc1. The molecule has 2 N–H and O–H groups in total. The van der Waals surface area contributed by atoms with Crippen molar-refractivity contribution in [1.29, 1.82) is 0 Å². The molecule has 0 aliphatic rings. The van der Waals surface area contributed by atoms with E-state index in [-0.39, 0.29) is 17.6 Å². The van der Waals surface area contributed by atoms with Crippen LogP contribution in [0.3, 0.4) is 0 Å². The third-order valence-corrected chi connectivity index (χ3v) is 4.28. The maximum Gasteiger partial charge on any atom is 0.268 e. The number of hydrogen-bond acceptors (Lipinski definition) is 3. The van der Waals surface area contributed by atoms with Gasteiger partial charge in [-0.15, -0.1) is 0 Å². The molecule has 5 heteroatoms. The lowest BCUT2D eigenvalue weighted by atomic mass is 10.1. The van der Waals surface area contributed by atoms with E-state index in [0.717, 1.165) is 11.1 Å². The summed E-state index contributed by atoms with van der Waals surface area (Å²) in [5, 5.41) is 5.61. The molecule has 0 bridgehead atoms. The van der Waals surface area contributed by atoms with Crippen LogP contribution in [-0.2, 0) is 4.79 Å². The van der Waals surface area contributed by atoms with Gasteiger partial charge in [-0.25, -0.2) is 0 Å². The zero-order valence-corrected chi connectivity index (χ0v) is 15.8. The molecule has 3 rings (SSSR count). The molecule has 0 unspecified atom stereocenters. The average Bonchev–Trinajstić information content (AvgIpc) is 3.21. The van der Waals surface area contributed by atoms with Crippen LogP contribution in [0.5, 0.6) is 0 Å². The van der Waals surface area contributed by atoms with Gasteiger partial charge in [0.05, 0.1) is 12.3 Å². The second kappa shape index (κ2) is 8.86. The summed E-state index contributed by atoms with van der Waals surface area (Å²) in [6, 6.07) is 20.0. The van der Waals surface area contributed by atoms with Crippen molar-refractivity contribution in [3.05, 3.63) is 101 Å². The molecule has 1 aromatic heterocycles. The van der Waals surface area contributed by atoms with Crippen LogP contribution >= 0.6 is 0 Å². The molecule has 0 aliphatic carbocycles. The first-order chi connectivity index (χ1) is 13.5. The van der Waals surface area contributed by atoms with Crippen LogP contribution in [-0.4, -0.2) is 11.8 Å². The van der Waals surface area contributed by atoms with Crippen molar-refractivity contribution in [2.24, 2.45) is 0 Å². The van der Waals surface area contributed by atoms with Gasteiger partial charge in [-0.3, -0.25) is 9.59 Å². The lowest BCUT2D eigenvalue weighted by Gasteiger charge is -2.16. The Labute approximate surface area is 164 Å². The maximum atomic E-state index is 12.8. The predicted octanol–water partition coefficient (Wildman–Crippen LogP) is 4.24. The smallest absolute Gasteiger partial charge is 0.268 e. The molecule has 3 aromatic rings. The first-order valence-electron chi connectivity index (χ1n) is 9.02. The highest BCUT2D eigenvalue weighted by Gasteiger charge is 2.17. The van der Waals surface area contributed by atoms with Crippen LogP contribution in [0.2, 0.25) is 0 Å². The van der Waals surface area contributed by atoms with Gasteiger partial charge in [0.2, 0.25) is 0 Å². The zero-order valence-electron chi connectivity index (χ0n) is 15.8. The van der Waals surface area contributed by atoms with Crippen molar-refractivity contribution in [2.45, 2.75) is 19.9 Å². The van der Waals surface area contributed by atoms with Gasteiger partial charge in [-0.05, 0) is 43.7 Å².